The normalized spacial score (nSPS) is 43.2. The molecule has 0 radical (unpaired) electrons. The van der Waals surface area contributed by atoms with E-state index in [4.69, 9.17) is 10.5 Å². The number of carbonyl (C=O) groups is 1. The van der Waals surface area contributed by atoms with E-state index < -0.39 is 5.54 Å². The molecule has 2 aliphatic rings. The third-order valence-corrected chi connectivity index (χ3v) is 3.36. The topological polar surface area (TPSA) is 64.3 Å². The van der Waals surface area contributed by atoms with Gasteiger partial charge in [-0.2, -0.15) is 0 Å². The Hall–Kier alpha value is -0.610. The summed E-state index contributed by atoms with van der Waals surface area (Å²) in [6.07, 6.45) is 1.84. The lowest BCUT2D eigenvalue weighted by Gasteiger charge is -2.28. The molecule has 1 aliphatic carbocycles. The Kier molecular flexibility index (Phi) is 2.04. The van der Waals surface area contributed by atoms with Crippen molar-refractivity contribution in [2.24, 2.45) is 17.6 Å². The number of esters is 1. The summed E-state index contributed by atoms with van der Waals surface area (Å²) >= 11 is 0. The number of nitrogens with two attached hydrogens (primary N) is 1. The molecular weight excluding hydrogens is 168 g/mol. The van der Waals surface area contributed by atoms with Crippen LogP contribution in [-0.4, -0.2) is 31.7 Å². The van der Waals surface area contributed by atoms with E-state index in [9.17, 15) is 4.79 Å². The predicted molar refractivity (Wildman–Crippen MR) is 48.0 cm³/mol. The van der Waals surface area contributed by atoms with Crippen molar-refractivity contribution in [1.82, 2.24) is 5.32 Å². The van der Waals surface area contributed by atoms with Crippen molar-refractivity contribution in [3.8, 4) is 0 Å². The van der Waals surface area contributed by atoms with Crippen LogP contribution in [0.1, 0.15) is 12.8 Å². The summed E-state index contributed by atoms with van der Waals surface area (Å²) in [5.41, 5.74) is 5.36. The molecule has 1 saturated carbocycles. The first-order chi connectivity index (χ1) is 6.16. The van der Waals surface area contributed by atoms with Gasteiger partial charge in [-0.3, -0.25) is 4.79 Å². The third-order valence-electron chi connectivity index (χ3n) is 3.36. The smallest absolute Gasteiger partial charge is 0.326 e. The number of carbonyl (C=O) groups excluding carboxylic acids is 1. The highest BCUT2D eigenvalue weighted by atomic mass is 16.5. The molecule has 74 valence electrons. The van der Waals surface area contributed by atoms with Crippen molar-refractivity contribution >= 4 is 5.97 Å². The number of rotatable bonds is 1. The highest BCUT2D eigenvalue weighted by Crippen LogP contribution is 2.40. The van der Waals surface area contributed by atoms with Crippen molar-refractivity contribution in [3.63, 3.8) is 0 Å². The average molecular weight is 184 g/mol. The van der Waals surface area contributed by atoms with Crippen molar-refractivity contribution in [3.05, 3.63) is 0 Å². The van der Waals surface area contributed by atoms with E-state index in [1.165, 1.54) is 7.11 Å². The number of nitrogens with one attached hydrogen (secondary N) is 1. The van der Waals surface area contributed by atoms with Crippen LogP contribution in [0.4, 0.5) is 0 Å². The lowest BCUT2D eigenvalue weighted by molar-refractivity contribution is -0.148. The first-order valence-electron chi connectivity index (χ1n) is 4.75. The van der Waals surface area contributed by atoms with Crippen molar-refractivity contribution < 1.29 is 9.53 Å². The Morgan fingerprint density at radius 1 is 1.62 bits per heavy atom. The molecule has 2 fully saturated rings. The molecule has 3 N–H and O–H groups in total. The second-order valence-corrected chi connectivity index (χ2v) is 4.19. The molecule has 1 saturated heterocycles. The Bertz CT molecular complexity index is 232. The van der Waals surface area contributed by atoms with Crippen molar-refractivity contribution in [2.45, 2.75) is 18.4 Å². The number of methoxy groups -OCH3 is 1. The van der Waals surface area contributed by atoms with Gasteiger partial charge in [-0.25, -0.2) is 0 Å². The van der Waals surface area contributed by atoms with E-state index >= 15 is 0 Å². The van der Waals surface area contributed by atoms with Crippen LogP contribution in [0.2, 0.25) is 0 Å². The lowest BCUT2D eigenvalue weighted by Crippen LogP contribution is -2.53. The number of fused-ring (bicyclic) bond motifs is 2. The second kappa shape index (κ2) is 2.96. The fourth-order valence-corrected chi connectivity index (χ4v) is 2.66. The SMILES string of the molecule is COC(=O)C1(N)CC2CNCC1C2. The monoisotopic (exact) mass is 184 g/mol. The van der Waals surface area contributed by atoms with Crippen LogP contribution in [0, 0.1) is 11.8 Å². The van der Waals surface area contributed by atoms with E-state index in [2.05, 4.69) is 5.32 Å². The van der Waals surface area contributed by atoms with E-state index in [-0.39, 0.29) is 11.9 Å². The molecule has 0 aromatic rings. The van der Waals surface area contributed by atoms with Gasteiger partial charge in [0.05, 0.1) is 7.11 Å². The van der Waals surface area contributed by atoms with Crippen LogP contribution in [0.15, 0.2) is 0 Å². The fourth-order valence-electron chi connectivity index (χ4n) is 2.66. The number of piperidine rings is 1. The minimum atomic E-state index is -0.719. The molecule has 3 unspecified atom stereocenters. The van der Waals surface area contributed by atoms with Crippen LogP contribution >= 0.6 is 0 Å². The first kappa shape index (κ1) is 8.97. The van der Waals surface area contributed by atoms with Crippen LogP contribution in [0.3, 0.4) is 0 Å². The number of hydrogen-bond acceptors (Lipinski definition) is 4. The van der Waals surface area contributed by atoms with Crippen LogP contribution in [-0.2, 0) is 9.53 Å². The molecule has 1 heterocycles. The van der Waals surface area contributed by atoms with Gasteiger partial charge in [0, 0.05) is 12.5 Å². The highest BCUT2D eigenvalue weighted by molar-refractivity contribution is 5.81. The fraction of sp³-hybridized carbons (Fsp3) is 0.889. The molecule has 4 nitrogen and oxygen atoms in total. The third kappa shape index (κ3) is 1.25. The molecule has 0 aromatic heterocycles. The Labute approximate surface area is 77.8 Å². The zero-order valence-electron chi connectivity index (χ0n) is 7.88. The lowest BCUT2D eigenvalue weighted by atomic mass is 9.88. The van der Waals surface area contributed by atoms with Gasteiger partial charge in [-0.15, -0.1) is 0 Å². The zero-order valence-corrected chi connectivity index (χ0v) is 7.88. The van der Waals surface area contributed by atoms with Gasteiger partial charge in [0.25, 0.3) is 0 Å². The van der Waals surface area contributed by atoms with Gasteiger partial charge < -0.3 is 15.8 Å². The summed E-state index contributed by atoms with van der Waals surface area (Å²) < 4.78 is 4.75. The van der Waals surface area contributed by atoms with Gasteiger partial charge in [-0.1, -0.05) is 0 Å². The zero-order chi connectivity index (χ0) is 9.47. The first-order valence-corrected chi connectivity index (χ1v) is 4.75. The Balaban J connectivity index is 2.19. The Morgan fingerprint density at radius 2 is 2.38 bits per heavy atom. The van der Waals surface area contributed by atoms with Gasteiger partial charge in [0.1, 0.15) is 5.54 Å². The summed E-state index contributed by atoms with van der Waals surface area (Å²) in [6, 6.07) is 0. The summed E-state index contributed by atoms with van der Waals surface area (Å²) in [4.78, 5) is 11.5. The van der Waals surface area contributed by atoms with E-state index in [0.29, 0.717) is 5.92 Å². The van der Waals surface area contributed by atoms with E-state index in [1.54, 1.807) is 0 Å². The highest BCUT2D eigenvalue weighted by Gasteiger charge is 2.52. The molecule has 3 atom stereocenters. The maximum absolute atomic E-state index is 11.5. The molecule has 4 heteroatoms. The van der Waals surface area contributed by atoms with Crippen LogP contribution < -0.4 is 11.1 Å². The quantitative estimate of drug-likeness (QED) is 0.539. The summed E-state index contributed by atoms with van der Waals surface area (Å²) in [6.45, 7) is 1.84. The van der Waals surface area contributed by atoms with Gasteiger partial charge in [0.15, 0.2) is 0 Å². The molecule has 0 amide bonds. The molecule has 13 heavy (non-hydrogen) atoms. The molecule has 0 spiro atoms. The van der Waals surface area contributed by atoms with E-state index in [1.807, 2.05) is 0 Å². The van der Waals surface area contributed by atoms with Crippen molar-refractivity contribution in [2.75, 3.05) is 20.2 Å². The molecular formula is C9H16N2O2. The summed E-state index contributed by atoms with van der Waals surface area (Å²) in [5, 5.41) is 3.29. The van der Waals surface area contributed by atoms with E-state index in [0.717, 1.165) is 25.9 Å². The summed E-state index contributed by atoms with van der Waals surface area (Å²) in [5.74, 6) is 0.574. The predicted octanol–water partition coefficient (Wildman–Crippen LogP) is -0.514. The van der Waals surface area contributed by atoms with Gasteiger partial charge >= 0.3 is 5.97 Å². The molecule has 1 aliphatic heterocycles. The maximum atomic E-state index is 11.5. The second-order valence-electron chi connectivity index (χ2n) is 4.19. The largest absolute Gasteiger partial charge is 0.468 e. The molecule has 2 rings (SSSR count). The van der Waals surface area contributed by atoms with Gasteiger partial charge in [0.2, 0.25) is 0 Å². The standard InChI is InChI=1S/C9H16N2O2/c1-13-8(12)9(10)3-6-2-7(9)5-11-4-6/h6-7,11H,2-5,10H2,1H3. The minimum absolute atomic E-state index is 0.247. The van der Waals surface area contributed by atoms with Crippen molar-refractivity contribution in [1.29, 1.82) is 0 Å². The van der Waals surface area contributed by atoms with Crippen LogP contribution in [0.25, 0.3) is 0 Å². The van der Waals surface area contributed by atoms with Crippen LogP contribution in [0.5, 0.6) is 0 Å². The molecule has 0 aromatic carbocycles. The average Bonchev–Trinajstić information content (AvgIpc) is 2.38. The number of hydrogen-bond donors (Lipinski definition) is 2. The number of ether oxygens (including phenoxy) is 1. The minimum Gasteiger partial charge on any atom is -0.468 e. The molecule has 2 bridgehead atoms. The summed E-state index contributed by atoms with van der Waals surface area (Å²) in [7, 11) is 1.41. The maximum Gasteiger partial charge on any atom is 0.326 e. The van der Waals surface area contributed by atoms with Gasteiger partial charge in [-0.05, 0) is 25.3 Å². The Morgan fingerprint density at radius 3 is 3.00 bits per heavy atom.